The largest absolute Gasteiger partial charge is 0.370 e. The van der Waals surface area contributed by atoms with Crippen molar-refractivity contribution in [3.05, 3.63) is 11.9 Å². The first-order valence-corrected chi connectivity index (χ1v) is 8.37. The monoisotopic (exact) mass is 284 g/mol. The first-order chi connectivity index (χ1) is 9.00. The summed E-state index contributed by atoms with van der Waals surface area (Å²) in [6.07, 6.45) is 0.655. The molecule has 0 radical (unpaired) electrons. The molecule has 0 aromatic carbocycles. The number of aromatic nitrogens is 2. The first kappa shape index (κ1) is 14.0. The van der Waals surface area contributed by atoms with Crippen LogP contribution in [0.25, 0.3) is 0 Å². The lowest BCUT2D eigenvalue weighted by Crippen LogP contribution is -2.28. The van der Waals surface area contributed by atoms with Gasteiger partial charge in [0.1, 0.15) is 17.5 Å². The van der Waals surface area contributed by atoms with E-state index in [1.807, 2.05) is 24.8 Å². The molecule has 1 aromatic rings. The maximum atomic E-state index is 11.6. The molecule has 2 rings (SSSR count). The van der Waals surface area contributed by atoms with Crippen molar-refractivity contribution >= 4 is 21.5 Å². The predicted molar refractivity (Wildman–Crippen MR) is 76.4 cm³/mol. The molecule has 0 amide bonds. The minimum atomic E-state index is -2.89. The lowest BCUT2D eigenvalue weighted by molar-refractivity contribution is 0.597. The fraction of sp³-hybridized carbons (Fsp3) is 0.667. The van der Waals surface area contributed by atoms with E-state index in [0.29, 0.717) is 18.8 Å². The van der Waals surface area contributed by atoms with Gasteiger partial charge < -0.3 is 10.2 Å². The molecule has 7 heteroatoms. The molecule has 106 valence electrons. The van der Waals surface area contributed by atoms with Crippen LogP contribution < -0.4 is 10.2 Å². The summed E-state index contributed by atoms with van der Waals surface area (Å²) in [5.74, 6) is 2.76. The Bertz CT molecular complexity index is 545. The van der Waals surface area contributed by atoms with Crippen molar-refractivity contribution < 1.29 is 8.42 Å². The zero-order chi connectivity index (χ0) is 13.9. The van der Waals surface area contributed by atoms with Crippen LogP contribution in [0.2, 0.25) is 0 Å². The molecule has 0 saturated carbocycles. The highest BCUT2D eigenvalue weighted by Gasteiger charge is 2.20. The van der Waals surface area contributed by atoms with E-state index in [1.165, 1.54) is 0 Å². The Hall–Kier alpha value is -1.37. The van der Waals surface area contributed by atoms with E-state index < -0.39 is 9.84 Å². The lowest BCUT2D eigenvalue weighted by atomic mass is 10.3. The maximum Gasteiger partial charge on any atom is 0.152 e. The van der Waals surface area contributed by atoms with Gasteiger partial charge in [0.25, 0.3) is 0 Å². The SMILES string of the molecule is CCNc1cc(N2CCCS(=O)(=O)CC2)nc(C)n1. The fourth-order valence-electron chi connectivity index (χ4n) is 2.15. The van der Waals surface area contributed by atoms with E-state index in [-0.39, 0.29) is 11.5 Å². The molecule has 0 aliphatic carbocycles. The molecule has 0 atom stereocenters. The van der Waals surface area contributed by atoms with E-state index in [1.54, 1.807) is 0 Å². The zero-order valence-corrected chi connectivity index (χ0v) is 12.2. The Morgan fingerprint density at radius 2 is 2.11 bits per heavy atom. The Labute approximate surface area is 114 Å². The highest BCUT2D eigenvalue weighted by Crippen LogP contribution is 2.18. The van der Waals surface area contributed by atoms with Crippen LogP contribution in [0, 0.1) is 6.92 Å². The summed E-state index contributed by atoms with van der Waals surface area (Å²) in [5, 5.41) is 3.16. The van der Waals surface area contributed by atoms with Crippen LogP contribution in [0.5, 0.6) is 0 Å². The van der Waals surface area contributed by atoms with Crippen LogP contribution in [0.1, 0.15) is 19.2 Å². The number of rotatable bonds is 3. The molecule has 19 heavy (non-hydrogen) atoms. The fourth-order valence-corrected chi connectivity index (χ4v) is 3.42. The molecule has 1 aliphatic heterocycles. The number of nitrogens with one attached hydrogen (secondary N) is 1. The minimum Gasteiger partial charge on any atom is -0.370 e. The van der Waals surface area contributed by atoms with Crippen molar-refractivity contribution in [2.24, 2.45) is 0 Å². The summed E-state index contributed by atoms with van der Waals surface area (Å²) in [7, 11) is -2.89. The standard InChI is InChI=1S/C12H20N4O2S/c1-3-13-11-9-12(15-10(2)14-11)16-5-4-7-19(17,18)8-6-16/h9H,3-8H2,1-2H3,(H,13,14,15). The molecular weight excluding hydrogens is 264 g/mol. The van der Waals surface area contributed by atoms with E-state index in [9.17, 15) is 8.42 Å². The summed E-state index contributed by atoms with van der Waals surface area (Å²) < 4.78 is 23.2. The Kier molecular flexibility index (Phi) is 4.24. The third kappa shape index (κ3) is 3.79. The Morgan fingerprint density at radius 1 is 1.32 bits per heavy atom. The normalized spacial score (nSPS) is 18.9. The number of hydrogen-bond donors (Lipinski definition) is 1. The number of sulfone groups is 1. The predicted octanol–water partition coefficient (Wildman–Crippen LogP) is 0.842. The van der Waals surface area contributed by atoms with Gasteiger partial charge in [0, 0.05) is 25.7 Å². The van der Waals surface area contributed by atoms with Gasteiger partial charge in [0.05, 0.1) is 11.5 Å². The third-order valence-corrected chi connectivity index (χ3v) is 4.78. The van der Waals surface area contributed by atoms with Crippen LogP contribution in [0.15, 0.2) is 6.07 Å². The van der Waals surface area contributed by atoms with Gasteiger partial charge in [0.2, 0.25) is 0 Å². The minimum absolute atomic E-state index is 0.201. The van der Waals surface area contributed by atoms with E-state index in [2.05, 4.69) is 15.3 Å². The summed E-state index contributed by atoms with van der Waals surface area (Å²) >= 11 is 0. The first-order valence-electron chi connectivity index (χ1n) is 6.55. The van der Waals surface area contributed by atoms with Crippen LogP contribution in [0.3, 0.4) is 0 Å². The average Bonchev–Trinajstić information content (AvgIpc) is 2.50. The summed E-state index contributed by atoms with van der Waals surface area (Å²) in [5.41, 5.74) is 0. The molecule has 1 N–H and O–H groups in total. The van der Waals surface area contributed by atoms with Crippen molar-refractivity contribution in [3.63, 3.8) is 0 Å². The summed E-state index contributed by atoms with van der Waals surface area (Å²) in [4.78, 5) is 10.7. The smallest absolute Gasteiger partial charge is 0.152 e. The second kappa shape index (κ2) is 5.73. The molecule has 0 bridgehead atoms. The molecule has 1 fully saturated rings. The topological polar surface area (TPSA) is 75.2 Å². The molecule has 1 aliphatic rings. The Morgan fingerprint density at radius 3 is 2.84 bits per heavy atom. The number of aryl methyl sites for hydroxylation is 1. The molecule has 1 aromatic heterocycles. The van der Waals surface area contributed by atoms with Crippen LogP contribution >= 0.6 is 0 Å². The number of nitrogens with zero attached hydrogens (tertiary/aromatic N) is 3. The van der Waals surface area contributed by atoms with Crippen LogP contribution in [0.4, 0.5) is 11.6 Å². The van der Waals surface area contributed by atoms with Gasteiger partial charge in [-0.15, -0.1) is 0 Å². The lowest BCUT2D eigenvalue weighted by Gasteiger charge is -2.21. The molecule has 2 heterocycles. The summed E-state index contributed by atoms with van der Waals surface area (Å²) in [6, 6.07) is 1.88. The summed E-state index contributed by atoms with van der Waals surface area (Å²) in [6.45, 7) is 5.88. The molecule has 6 nitrogen and oxygen atoms in total. The van der Waals surface area contributed by atoms with Crippen molar-refractivity contribution in [2.75, 3.05) is 41.4 Å². The quantitative estimate of drug-likeness (QED) is 0.886. The van der Waals surface area contributed by atoms with Crippen LogP contribution in [-0.4, -0.2) is 49.5 Å². The van der Waals surface area contributed by atoms with Crippen molar-refractivity contribution in [3.8, 4) is 0 Å². The molecule has 0 spiro atoms. The molecular formula is C12H20N4O2S. The number of hydrogen-bond acceptors (Lipinski definition) is 6. The maximum absolute atomic E-state index is 11.6. The van der Waals surface area contributed by atoms with Crippen molar-refractivity contribution in [1.29, 1.82) is 0 Å². The van der Waals surface area contributed by atoms with Gasteiger partial charge in [0.15, 0.2) is 9.84 Å². The highest BCUT2D eigenvalue weighted by molar-refractivity contribution is 7.91. The van der Waals surface area contributed by atoms with Gasteiger partial charge >= 0.3 is 0 Å². The molecule has 1 saturated heterocycles. The van der Waals surface area contributed by atoms with E-state index >= 15 is 0 Å². The van der Waals surface area contributed by atoms with Gasteiger partial charge in [-0.1, -0.05) is 0 Å². The Balaban J connectivity index is 2.21. The van der Waals surface area contributed by atoms with Crippen LogP contribution in [-0.2, 0) is 9.84 Å². The second-order valence-electron chi connectivity index (χ2n) is 4.68. The molecule has 0 unspecified atom stereocenters. The average molecular weight is 284 g/mol. The van der Waals surface area contributed by atoms with E-state index in [0.717, 1.165) is 24.7 Å². The van der Waals surface area contributed by atoms with Crippen molar-refractivity contribution in [2.45, 2.75) is 20.3 Å². The zero-order valence-electron chi connectivity index (χ0n) is 11.4. The van der Waals surface area contributed by atoms with E-state index in [4.69, 9.17) is 0 Å². The second-order valence-corrected chi connectivity index (χ2v) is 6.98. The van der Waals surface area contributed by atoms with Gasteiger partial charge in [-0.05, 0) is 20.3 Å². The number of anilines is 2. The van der Waals surface area contributed by atoms with Gasteiger partial charge in [-0.2, -0.15) is 0 Å². The van der Waals surface area contributed by atoms with Gasteiger partial charge in [-0.3, -0.25) is 0 Å². The third-order valence-electron chi connectivity index (χ3n) is 3.06. The van der Waals surface area contributed by atoms with Crippen molar-refractivity contribution in [1.82, 2.24) is 9.97 Å². The van der Waals surface area contributed by atoms with Gasteiger partial charge in [-0.25, -0.2) is 18.4 Å². The highest BCUT2D eigenvalue weighted by atomic mass is 32.2.